The van der Waals surface area contributed by atoms with E-state index in [-0.39, 0.29) is 51.0 Å². The summed E-state index contributed by atoms with van der Waals surface area (Å²) in [7, 11) is 1.29. The van der Waals surface area contributed by atoms with Gasteiger partial charge in [-0.1, -0.05) is 171 Å². The van der Waals surface area contributed by atoms with Crippen LogP contribution in [0.2, 0.25) is 0 Å². The van der Waals surface area contributed by atoms with Gasteiger partial charge in [0.25, 0.3) is 0 Å². The van der Waals surface area contributed by atoms with E-state index in [1.807, 2.05) is 30.3 Å². The number of morpholine rings is 1. The zero-order valence-corrected chi connectivity index (χ0v) is 78.0. The number of aromatic nitrogens is 1. The fourth-order valence-electron chi connectivity index (χ4n) is 15.1. The molecule has 40 nitrogen and oxygen atoms in total. The van der Waals surface area contributed by atoms with Crippen LogP contribution in [0.15, 0.2) is 140 Å². The van der Waals surface area contributed by atoms with Crippen LogP contribution < -0.4 is 80.6 Å². The van der Waals surface area contributed by atoms with Crippen LogP contribution >= 0.6 is 11.8 Å². The fourth-order valence-corrected chi connectivity index (χ4v) is 16.0. The number of aliphatic hydroxyl groups is 1. The number of aromatic hydroxyl groups is 1. The summed E-state index contributed by atoms with van der Waals surface area (Å²) >= 11 is 0.702. The lowest BCUT2D eigenvalue weighted by Gasteiger charge is -2.39. The van der Waals surface area contributed by atoms with Crippen LogP contribution in [0.3, 0.4) is 0 Å². The predicted octanol–water partition coefficient (Wildman–Crippen LogP) is -0.814. The van der Waals surface area contributed by atoms with Crippen molar-refractivity contribution in [3.8, 4) is 16.9 Å². The Bertz CT molecular complexity index is 5200. The number of fused-ring (bicyclic) bond motifs is 2. The van der Waals surface area contributed by atoms with E-state index in [0.29, 0.717) is 44.9 Å². The van der Waals surface area contributed by atoms with Crippen molar-refractivity contribution in [3.05, 3.63) is 162 Å². The second-order valence-electron chi connectivity index (χ2n) is 35.1. The topological polar surface area (TPSA) is 608 Å². The molecule has 2 fully saturated rings. The minimum Gasteiger partial charge on any atom is -0.508 e. The number of ether oxygens (including phenoxy) is 1. The van der Waals surface area contributed by atoms with E-state index < -0.39 is 265 Å². The molecule has 2 aliphatic rings. The first kappa shape index (κ1) is 107. The third kappa shape index (κ3) is 32.0. The standard InChI is InChI=1S/C94H124N18O22S/c1-49(2)36-64-81(120)103-68(39-56-26-30-59(31-27-56)58-22-16-13-17-23-58)88(127)110-79(52(7)8)94(133)111(11)54(10)93(132)112-34-35-134-46-74(112)91(130)106-70(42-75(95)115)85(124)101-65(37-50(3)4)87(126)109-78(51(5)6)92(131)107-72(45-113)89(128)108-73(90(129)98-53(9)80(96)119)47-135-48-76(116)99-66(38-55-20-14-12-15-21-55)82(121)102-67(40-57-28-32-61(114)33-29-57)83(122)105-71(43-77(117)118)86(125)104-69(84(123)100-64)41-60-44-97-63-25-19-18-24-62(60)63/h12-33,44,49-54,64-74,78-79,97,113-114H,34-43,45-48H2,1-11H3,(H2,95,115)(H2,96,119)(H,98,129)(H,99,116)(H,100,123)(H,101,124)(H,102,121)(H,103,120)(H,104,125)(H,105,122)(H,106,130)(H,107,131)(H,108,128)(H,109,126)(H,110,127)(H,117,118)/t53-,54-,64-,65-,66-,67-,68-,69-,70-,71-,72-,73-,74+,78-,79-/m0/s1. The number of carbonyl (C=O) groups excluding carboxylic acids is 17. The van der Waals surface area contributed by atoms with Crippen LogP contribution in [0, 0.1) is 23.7 Å². The molecule has 3 heterocycles. The van der Waals surface area contributed by atoms with Crippen LogP contribution in [0.5, 0.6) is 5.75 Å². The number of aliphatic hydroxyl groups excluding tert-OH is 1. The normalized spacial score (nSPS) is 23.9. The largest absolute Gasteiger partial charge is 0.508 e. The summed E-state index contributed by atoms with van der Waals surface area (Å²) in [6.07, 6.45) is -2.01. The number of hydrogen-bond acceptors (Lipinski definition) is 22. The van der Waals surface area contributed by atoms with E-state index in [9.17, 15) is 68.1 Å². The number of aromatic amines is 1. The number of carbonyl (C=O) groups is 18. The molecule has 0 unspecified atom stereocenters. The molecule has 0 radical (unpaired) electrons. The summed E-state index contributed by atoms with van der Waals surface area (Å²) in [5.41, 5.74) is 15.1. The van der Waals surface area contributed by atoms with Crippen LogP contribution in [-0.2, 0) is 117 Å². The second kappa shape index (κ2) is 50.9. The number of para-hydroxylation sites is 1. The molecule has 0 aliphatic carbocycles. The molecule has 135 heavy (non-hydrogen) atoms. The van der Waals surface area contributed by atoms with Gasteiger partial charge in [0.05, 0.1) is 38.4 Å². The van der Waals surface area contributed by atoms with Gasteiger partial charge >= 0.3 is 5.97 Å². The molecule has 6 aromatic rings. The third-order valence-corrected chi connectivity index (χ3v) is 23.8. The first-order valence-corrected chi connectivity index (χ1v) is 45.7. The number of benzene rings is 5. The molecule has 0 bridgehead atoms. The van der Waals surface area contributed by atoms with Gasteiger partial charge in [-0.15, -0.1) is 11.8 Å². The van der Waals surface area contributed by atoms with E-state index in [1.54, 1.807) is 127 Å². The maximum Gasteiger partial charge on any atom is 0.305 e. The molecule has 0 saturated carbocycles. The third-order valence-electron chi connectivity index (χ3n) is 22.8. The summed E-state index contributed by atoms with van der Waals surface area (Å²) in [5.74, 6) is -22.8. The van der Waals surface area contributed by atoms with E-state index >= 15 is 33.6 Å². The molecule has 728 valence electrons. The first-order valence-electron chi connectivity index (χ1n) is 44.6. The Morgan fingerprint density at radius 1 is 0.481 bits per heavy atom. The Morgan fingerprint density at radius 3 is 1.45 bits per heavy atom. The van der Waals surface area contributed by atoms with Gasteiger partial charge in [0, 0.05) is 62.1 Å². The lowest BCUT2D eigenvalue weighted by atomic mass is 9.97. The minimum atomic E-state index is -2.07. The molecule has 2 aliphatic heterocycles. The highest BCUT2D eigenvalue weighted by atomic mass is 32.2. The number of hydrogen-bond donors (Lipinski definition) is 19. The van der Waals surface area contributed by atoms with Crippen molar-refractivity contribution < 1.29 is 106 Å². The number of primary amides is 2. The Labute approximate surface area is 785 Å². The highest BCUT2D eigenvalue weighted by Gasteiger charge is 2.44. The van der Waals surface area contributed by atoms with Gasteiger partial charge in [0.1, 0.15) is 96.4 Å². The average Bonchev–Trinajstić information content (AvgIpc) is 1.28. The van der Waals surface area contributed by atoms with Crippen molar-refractivity contribution in [2.24, 2.45) is 35.1 Å². The second-order valence-corrected chi connectivity index (χ2v) is 36.2. The molecular weight excluding hydrogens is 1770 g/mol. The lowest BCUT2D eigenvalue weighted by molar-refractivity contribution is -0.155. The Morgan fingerprint density at radius 2 is 0.919 bits per heavy atom. The maximum atomic E-state index is 15.5. The van der Waals surface area contributed by atoms with Crippen LogP contribution in [0.25, 0.3) is 22.0 Å². The molecule has 15 atom stereocenters. The number of carboxylic acids is 1. The summed E-state index contributed by atoms with van der Waals surface area (Å²) in [6, 6.07) is 12.3. The summed E-state index contributed by atoms with van der Waals surface area (Å²) < 4.78 is 5.69. The van der Waals surface area contributed by atoms with E-state index in [0.717, 1.165) is 20.9 Å². The predicted molar refractivity (Wildman–Crippen MR) is 497 cm³/mol. The van der Waals surface area contributed by atoms with E-state index in [2.05, 4.69) is 74.1 Å². The van der Waals surface area contributed by atoms with Gasteiger partial charge in [-0.05, 0) is 102 Å². The Kier molecular flexibility index (Phi) is 40.1. The number of likely N-dealkylation sites (N-methyl/N-ethyl adjacent to an activating group) is 1. The summed E-state index contributed by atoms with van der Waals surface area (Å²) in [6.45, 7) is 13.7. The van der Waals surface area contributed by atoms with Crippen LogP contribution in [0.4, 0.5) is 0 Å². The number of H-pyrrole nitrogens is 1. The highest BCUT2D eigenvalue weighted by Crippen LogP contribution is 2.25. The zero-order chi connectivity index (χ0) is 99.2. The Balaban J connectivity index is 1.20. The number of thioether (sulfide) groups is 1. The van der Waals surface area contributed by atoms with Gasteiger partial charge in [-0.2, -0.15) is 0 Å². The minimum absolute atomic E-state index is 0.124. The van der Waals surface area contributed by atoms with Crippen LogP contribution in [-0.4, -0.2) is 272 Å². The number of carboxylic acid groups (broad SMARTS) is 1. The highest BCUT2D eigenvalue weighted by molar-refractivity contribution is 8.00. The number of nitrogens with one attached hydrogen (secondary N) is 14. The van der Waals surface area contributed by atoms with E-state index in [4.69, 9.17) is 16.2 Å². The van der Waals surface area contributed by atoms with E-state index in [1.165, 1.54) is 59.0 Å². The zero-order valence-electron chi connectivity index (χ0n) is 77.2. The molecule has 1 aromatic heterocycles. The molecule has 21 N–H and O–H groups in total. The quantitative estimate of drug-likeness (QED) is 0.0373. The van der Waals surface area contributed by atoms with Gasteiger partial charge in [0.2, 0.25) is 100 Å². The van der Waals surface area contributed by atoms with Crippen molar-refractivity contribution in [1.29, 1.82) is 0 Å². The number of aliphatic carboxylic acids is 1. The molecule has 2 saturated heterocycles. The first-order chi connectivity index (χ1) is 64.0. The van der Waals surface area contributed by atoms with Gasteiger partial charge in [0.15, 0.2) is 0 Å². The smallest absolute Gasteiger partial charge is 0.305 e. The molecule has 41 heteroatoms. The molecule has 0 spiro atoms. The van der Waals surface area contributed by atoms with Gasteiger partial charge < -0.3 is 115 Å². The molecule has 5 aromatic carbocycles. The van der Waals surface area contributed by atoms with Crippen molar-refractivity contribution >= 4 is 129 Å². The summed E-state index contributed by atoms with van der Waals surface area (Å²) in [4.78, 5) is 266. The number of amides is 17. The number of phenolic OH excluding ortho intramolecular Hbond substituents is 1. The van der Waals surface area contributed by atoms with Crippen molar-refractivity contribution in [2.75, 3.05) is 44.9 Å². The van der Waals surface area contributed by atoms with Gasteiger partial charge in [-0.3, -0.25) is 86.3 Å². The number of phenols is 1. The summed E-state index contributed by atoms with van der Waals surface area (Å²) in [5, 5.41) is 65.6. The monoisotopic (exact) mass is 1890 g/mol. The number of rotatable bonds is 23. The van der Waals surface area contributed by atoms with Gasteiger partial charge in [-0.25, -0.2) is 0 Å². The average molecular weight is 1890 g/mol. The maximum absolute atomic E-state index is 15.5. The van der Waals surface area contributed by atoms with Crippen molar-refractivity contribution in [2.45, 2.75) is 211 Å². The molecular formula is C94H124N18O22S. The Hall–Kier alpha value is -13.8. The molecule has 17 amide bonds. The van der Waals surface area contributed by atoms with Crippen molar-refractivity contribution in [3.63, 3.8) is 0 Å². The fraction of sp³-hybridized carbons (Fsp3) is 0.468. The lowest BCUT2D eigenvalue weighted by Crippen LogP contribution is -2.64. The number of nitrogens with zero attached hydrogens (tertiary/aromatic N) is 2. The SMILES string of the molecule is CC(C)C[C@@H]1NC(=O)[C@H](Cc2c[nH]c3ccccc23)NC(=O)[C@H](CC(=O)O)NC(=O)[C@H](Cc2ccc(O)cc2)NC(=O)[C@H](Cc2ccccc2)NC(=O)CSC[C@@H](C(=O)N[C@@H](C)C(N)=O)NC(=O)[C@H](CO)NC(=O)[C@H](C(C)C)NC(=O)[C@H](CC(C)C)NC(=O)[C@H](CC(N)=O)NC(=O)[C@H]2COCCN2C(=O)[C@H](C)N(C)C(=O)[C@H](C(C)C)NC(=O)[C@H](Cc2ccc(-c3ccccc3)cc2)NC1=O. The van der Waals surface area contributed by atoms with Crippen LogP contribution in [0.1, 0.15) is 117 Å². The van der Waals surface area contributed by atoms with Crippen molar-refractivity contribution in [1.82, 2.24) is 83.9 Å². The molecule has 8 rings (SSSR count). The number of nitrogens with two attached hydrogens (primary N) is 2.